The van der Waals surface area contributed by atoms with Gasteiger partial charge in [0.15, 0.2) is 0 Å². The second-order valence-electron chi connectivity index (χ2n) is 4.62. The van der Waals surface area contributed by atoms with E-state index in [4.69, 9.17) is 0 Å². The van der Waals surface area contributed by atoms with E-state index >= 15 is 0 Å². The van der Waals surface area contributed by atoms with Gasteiger partial charge < -0.3 is 0 Å². The van der Waals surface area contributed by atoms with Crippen LogP contribution < -0.4 is 0 Å². The Balaban J connectivity index is 1.98. The predicted octanol–water partition coefficient (Wildman–Crippen LogP) is 4.37. The minimum absolute atomic E-state index is 0.822. The van der Waals surface area contributed by atoms with Gasteiger partial charge in [-0.15, -0.1) is 0 Å². The predicted molar refractivity (Wildman–Crippen MR) is 65.9 cm³/mol. The van der Waals surface area contributed by atoms with E-state index in [1.165, 1.54) is 31.2 Å². The zero-order valence-electron chi connectivity index (χ0n) is 9.58. The van der Waals surface area contributed by atoms with Crippen molar-refractivity contribution in [3.05, 3.63) is 47.5 Å². The highest BCUT2D eigenvalue weighted by molar-refractivity contribution is 5.20. The van der Waals surface area contributed by atoms with Gasteiger partial charge in [-0.25, -0.2) is 0 Å². The molecule has 2 rings (SSSR count). The quantitative estimate of drug-likeness (QED) is 0.622. The fraction of sp³-hybridized carbons (Fsp3) is 0.467. The molecule has 0 saturated heterocycles. The lowest BCUT2D eigenvalue weighted by Crippen LogP contribution is -2.06. The molecule has 1 aliphatic carbocycles. The third kappa shape index (κ3) is 2.95. The van der Waals surface area contributed by atoms with Gasteiger partial charge in [0, 0.05) is 0 Å². The Morgan fingerprint density at radius 3 is 2.73 bits per heavy atom. The first-order valence-corrected chi connectivity index (χ1v) is 6.09. The maximum absolute atomic E-state index is 2.46. The van der Waals surface area contributed by atoms with Gasteiger partial charge in [0.1, 0.15) is 0 Å². The molecule has 1 atom stereocenters. The van der Waals surface area contributed by atoms with E-state index in [-0.39, 0.29) is 0 Å². The first-order valence-electron chi connectivity index (χ1n) is 6.09. The van der Waals surface area contributed by atoms with Gasteiger partial charge in [-0.2, -0.15) is 0 Å². The Labute approximate surface area is 93.0 Å². The molecule has 15 heavy (non-hydrogen) atoms. The van der Waals surface area contributed by atoms with Gasteiger partial charge in [0.2, 0.25) is 0 Å². The Morgan fingerprint density at radius 1 is 1.20 bits per heavy atom. The molecular formula is C15H20. The number of rotatable bonds is 2. The van der Waals surface area contributed by atoms with Crippen molar-refractivity contribution < 1.29 is 0 Å². The van der Waals surface area contributed by atoms with Crippen LogP contribution in [0.3, 0.4) is 0 Å². The van der Waals surface area contributed by atoms with Crippen molar-refractivity contribution in [3.63, 3.8) is 0 Å². The summed E-state index contributed by atoms with van der Waals surface area (Å²) in [6, 6.07) is 10.8. The Kier molecular flexibility index (Phi) is 3.60. The molecule has 0 radical (unpaired) electrons. The monoisotopic (exact) mass is 200 g/mol. The lowest BCUT2D eigenvalue weighted by molar-refractivity contribution is 0.482. The minimum Gasteiger partial charge on any atom is -0.0807 e. The lowest BCUT2D eigenvalue weighted by atomic mass is 9.85. The smallest absolute Gasteiger partial charge is 0.00947 e. The van der Waals surface area contributed by atoms with E-state index in [2.05, 4.69) is 43.3 Å². The van der Waals surface area contributed by atoms with Gasteiger partial charge in [-0.1, -0.05) is 55.3 Å². The summed E-state index contributed by atoms with van der Waals surface area (Å²) in [5.74, 6) is 0.822. The van der Waals surface area contributed by atoms with Crippen molar-refractivity contribution in [3.8, 4) is 0 Å². The van der Waals surface area contributed by atoms with E-state index in [1.54, 1.807) is 5.57 Å². The first-order chi connectivity index (χ1) is 7.36. The second kappa shape index (κ2) is 5.16. The van der Waals surface area contributed by atoms with Crippen molar-refractivity contribution in [2.45, 2.75) is 39.0 Å². The molecule has 1 unspecified atom stereocenters. The minimum atomic E-state index is 0.822. The number of allylic oxidation sites excluding steroid dienone is 2. The number of benzene rings is 1. The number of hydrogen-bond acceptors (Lipinski definition) is 0. The SMILES string of the molecule is CC1CCCC/C1=C\Cc1ccccc1. The second-order valence-corrected chi connectivity index (χ2v) is 4.62. The van der Waals surface area contributed by atoms with Crippen LogP contribution >= 0.6 is 0 Å². The third-order valence-electron chi connectivity index (χ3n) is 3.43. The Morgan fingerprint density at radius 2 is 2.00 bits per heavy atom. The van der Waals surface area contributed by atoms with Crippen molar-refractivity contribution in [1.29, 1.82) is 0 Å². The molecule has 1 saturated carbocycles. The highest BCUT2D eigenvalue weighted by Gasteiger charge is 2.13. The van der Waals surface area contributed by atoms with Crippen LogP contribution in [0.4, 0.5) is 0 Å². The van der Waals surface area contributed by atoms with Crippen molar-refractivity contribution >= 4 is 0 Å². The van der Waals surface area contributed by atoms with Crippen LogP contribution in [-0.4, -0.2) is 0 Å². The van der Waals surface area contributed by atoms with Crippen LogP contribution in [0.5, 0.6) is 0 Å². The molecule has 0 nitrogen and oxygen atoms in total. The summed E-state index contributed by atoms with van der Waals surface area (Å²) in [6.45, 7) is 2.37. The molecule has 1 aromatic rings. The molecule has 0 aliphatic heterocycles. The van der Waals surface area contributed by atoms with Gasteiger partial charge >= 0.3 is 0 Å². The summed E-state index contributed by atoms with van der Waals surface area (Å²) in [6.07, 6.45) is 9.10. The maximum Gasteiger partial charge on any atom is -0.00947 e. The van der Waals surface area contributed by atoms with Crippen LogP contribution in [0.2, 0.25) is 0 Å². The average Bonchev–Trinajstić information content (AvgIpc) is 2.29. The van der Waals surface area contributed by atoms with Crippen molar-refractivity contribution in [2.75, 3.05) is 0 Å². The zero-order chi connectivity index (χ0) is 10.5. The summed E-state index contributed by atoms with van der Waals surface area (Å²) in [5.41, 5.74) is 3.12. The van der Waals surface area contributed by atoms with Crippen LogP contribution in [0.1, 0.15) is 38.2 Å². The van der Waals surface area contributed by atoms with E-state index in [0.29, 0.717) is 0 Å². The topological polar surface area (TPSA) is 0 Å². The fourth-order valence-electron chi connectivity index (χ4n) is 2.38. The normalized spacial score (nSPS) is 24.3. The molecule has 0 aromatic heterocycles. The summed E-state index contributed by atoms with van der Waals surface area (Å²) in [7, 11) is 0. The van der Waals surface area contributed by atoms with Crippen LogP contribution in [-0.2, 0) is 6.42 Å². The summed E-state index contributed by atoms with van der Waals surface area (Å²) in [4.78, 5) is 0. The zero-order valence-corrected chi connectivity index (χ0v) is 9.58. The summed E-state index contributed by atoms with van der Waals surface area (Å²) < 4.78 is 0. The Bertz CT molecular complexity index is 321. The molecule has 0 amide bonds. The molecular weight excluding hydrogens is 180 g/mol. The fourth-order valence-corrected chi connectivity index (χ4v) is 2.38. The van der Waals surface area contributed by atoms with Crippen molar-refractivity contribution in [2.24, 2.45) is 5.92 Å². The van der Waals surface area contributed by atoms with Gasteiger partial charge in [0.05, 0.1) is 0 Å². The van der Waals surface area contributed by atoms with Crippen LogP contribution in [0.25, 0.3) is 0 Å². The van der Waals surface area contributed by atoms with Gasteiger partial charge in [-0.3, -0.25) is 0 Å². The van der Waals surface area contributed by atoms with E-state index in [0.717, 1.165) is 12.3 Å². The van der Waals surface area contributed by atoms with Crippen LogP contribution in [0.15, 0.2) is 42.0 Å². The van der Waals surface area contributed by atoms with E-state index in [9.17, 15) is 0 Å². The molecule has 1 fully saturated rings. The van der Waals surface area contributed by atoms with Crippen molar-refractivity contribution in [1.82, 2.24) is 0 Å². The molecule has 80 valence electrons. The van der Waals surface area contributed by atoms with Crippen LogP contribution in [0, 0.1) is 5.92 Å². The largest absolute Gasteiger partial charge is 0.0807 e. The van der Waals surface area contributed by atoms with Gasteiger partial charge in [0.25, 0.3) is 0 Å². The Hall–Kier alpha value is -1.04. The maximum atomic E-state index is 2.46. The van der Waals surface area contributed by atoms with E-state index in [1.807, 2.05) is 0 Å². The molecule has 0 spiro atoms. The molecule has 1 aromatic carbocycles. The first kappa shape index (κ1) is 10.5. The summed E-state index contributed by atoms with van der Waals surface area (Å²) in [5, 5.41) is 0. The third-order valence-corrected chi connectivity index (χ3v) is 3.43. The highest BCUT2D eigenvalue weighted by Crippen LogP contribution is 2.28. The molecule has 0 heterocycles. The summed E-state index contributed by atoms with van der Waals surface area (Å²) >= 11 is 0. The highest BCUT2D eigenvalue weighted by atomic mass is 14.2. The standard InChI is InChI=1S/C15H20/c1-13-7-5-6-10-15(13)12-11-14-8-3-2-4-9-14/h2-4,8-9,12-13H,5-7,10-11H2,1H3/b15-12+. The lowest BCUT2D eigenvalue weighted by Gasteiger charge is -2.21. The average molecular weight is 200 g/mol. The molecule has 0 heteroatoms. The molecule has 0 bridgehead atoms. The van der Waals surface area contributed by atoms with Gasteiger partial charge in [-0.05, 0) is 37.2 Å². The molecule has 0 N–H and O–H groups in total. The van der Waals surface area contributed by atoms with E-state index < -0.39 is 0 Å². The number of hydrogen-bond donors (Lipinski definition) is 0. The molecule has 1 aliphatic rings.